The van der Waals surface area contributed by atoms with Crippen LogP contribution in [-0.4, -0.2) is 30.1 Å². The second kappa shape index (κ2) is 4.43. The number of nitrogens with zero attached hydrogens (tertiary/aromatic N) is 1. The molecule has 13 heavy (non-hydrogen) atoms. The summed E-state index contributed by atoms with van der Waals surface area (Å²) in [6.07, 6.45) is 10.1. The minimum absolute atomic E-state index is 0.477. The molecule has 0 aromatic rings. The van der Waals surface area contributed by atoms with Gasteiger partial charge in [0.05, 0.1) is 0 Å². The molecule has 0 aromatic heterocycles. The van der Waals surface area contributed by atoms with Crippen molar-refractivity contribution < 1.29 is 0 Å². The molecule has 0 aromatic carbocycles. The molecule has 2 aliphatic rings. The number of rotatable bonds is 1. The van der Waals surface area contributed by atoms with Gasteiger partial charge in [0, 0.05) is 25.2 Å². The Kier molecular flexibility index (Phi) is 3.23. The predicted molar refractivity (Wildman–Crippen MR) is 55.7 cm³/mol. The molecule has 2 nitrogen and oxygen atoms in total. The van der Waals surface area contributed by atoms with Crippen molar-refractivity contribution in [3.63, 3.8) is 0 Å². The van der Waals surface area contributed by atoms with Gasteiger partial charge in [-0.2, -0.15) is 0 Å². The third-order valence-corrected chi connectivity index (χ3v) is 3.53. The van der Waals surface area contributed by atoms with Crippen LogP contribution in [0.2, 0.25) is 0 Å². The maximum Gasteiger partial charge on any atom is 0.0297 e. The highest BCUT2D eigenvalue weighted by Crippen LogP contribution is 2.24. The Balaban J connectivity index is 1.76. The van der Waals surface area contributed by atoms with Crippen LogP contribution in [0.1, 0.15) is 44.9 Å². The Labute approximate surface area is 81.5 Å². The Bertz CT molecular complexity index is 144. The van der Waals surface area contributed by atoms with Gasteiger partial charge >= 0.3 is 0 Å². The first kappa shape index (κ1) is 9.47. The molecule has 0 bridgehead atoms. The highest BCUT2D eigenvalue weighted by molar-refractivity contribution is 4.88. The molecule has 0 atom stereocenters. The average Bonchev–Trinajstić information content (AvgIpc) is 1.99. The van der Waals surface area contributed by atoms with E-state index >= 15 is 0 Å². The molecule has 2 heteroatoms. The second-order valence-electron chi connectivity index (χ2n) is 4.71. The number of hydrogen-bond acceptors (Lipinski definition) is 2. The summed E-state index contributed by atoms with van der Waals surface area (Å²) in [6.45, 7) is 2.31. The molecule has 1 saturated heterocycles. The van der Waals surface area contributed by atoms with Crippen molar-refractivity contribution in [1.82, 2.24) is 4.90 Å². The van der Waals surface area contributed by atoms with Gasteiger partial charge in [0.2, 0.25) is 0 Å². The molecular weight excluding hydrogens is 160 g/mol. The van der Waals surface area contributed by atoms with Gasteiger partial charge < -0.3 is 5.73 Å². The van der Waals surface area contributed by atoms with E-state index in [4.69, 9.17) is 5.73 Å². The SMILES string of the molecule is NC1CN(C2CCCCCCC2)C1. The maximum absolute atomic E-state index is 5.80. The summed E-state index contributed by atoms with van der Waals surface area (Å²) in [5.41, 5.74) is 5.80. The van der Waals surface area contributed by atoms with E-state index in [0.29, 0.717) is 6.04 Å². The molecular formula is C11H22N2. The first-order valence-electron chi connectivity index (χ1n) is 5.86. The molecule has 76 valence electrons. The van der Waals surface area contributed by atoms with E-state index in [0.717, 1.165) is 19.1 Å². The van der Waals surface area contributed by atoms with Crippen LogP contribution in [-0.2, 0) is 0 Å². The van der Waals surface area contributed by atoms with Crippen LogP contribution in [0.4, 0.5) is 0 Å². The maximum atomic E-state index is 5.80. The minimum Gasteiger partial charge on any atom is -0.325 e. The lowest BCUT2D eigenvalue weighted by Crippen LogP contribution is -2.59. The molecule has 2 N–H and O–H groups in total. The highest BCUT2D eigenvalue weighted by Gasteiger charge is 2.29. The fourth-order valence-electron chi connectivity index (χ4n) is 2.65. The number of likely N-dealkylation sites (tertiary alicyclic amines) is 1. The molecule has 0 spiro atoms. The second-order valence-corrected chi connectivity index (χ2v) is 4.71. The van der Waals surface area contributed by atoms with Crippen molar-refractivity contribution in [2.24, 2.45) is 5.73 Å². The first-order chi connectivity index (χ1) is 6.36. The molecule has 0 radical (unpaired) electrons. The van der Waals surface area contributed by atoms with Gasteiger partial charge in [0.1, 0.15) is 0 Å². The van der Waals surface area contributed by atoms with Crippen molar-refractivity contribution in [1.29, 1.82) is 0 Å². The van der Waals surface area contributed by atoms with Crippen LogP contribution >= 0.6 is 0 Å². The van der Waals surface area contributed by atoms with E-state index in [1.165, 1.54) is 44.9 Å². The largest absolute Gasteiger partial charge is 0.325 e. The van der Waals surface area contributed by atoms with Gasteiger partial charge in [-0.3, -0.25) is 4.90 Å². The topological polar surface area (TPSA) is 29.3 Å². The summed E-state index contributed by atoms with van der Waals surface area (Å²) in [4.78, 5) is 2.59. The van der Waals surface area contributed by atoms with Crippen LogP contribution < -0.4 is 5.73 Å². The zero-order chi connectivity index (χ0) is 9.10. The van der Waals surface area contributed by atoms with Crippen molar-refractivity contribution in [2.45, 2.75) is 57.0 Å². The molecule has 1 aliphatic carbocycles. The predicted octanol–water partition coefficient (Wildman–Crippen LogP) is 1.74. The van der Waals surface area contributed by atoms with E-state index < -0.39 is 0 Å². The fraction of sp³-hybridized carbons (Fsp3) is 1.00. The zero-order valence-corrected chi connectivity index (χ0v) is 8.54. The van der Waals surface area contributed by atoms with E-state index in [-0.39, 0.29) is 0 Å². The van der Waals surface area contributed by atoms with Crippen molar-refractivity contribution in [3.05, 3.63) is 0 Å². The molecule has 1 aliphatic heterocycles. The van der Waals surface area contributed by atoms with Crippen molar-refractivity contribution in [2.75, 3.05) is 13.1 Å². The summed E-state index contributed by atoms with van der Waals surface area (Å²) in [6, 6.07) is 1.35. The summed E-state index contributed by atoms with van der Waals surface area (Å²) >= 11 is 0. The van der Waals surface area contributed by atoms with Crippen molar-refractivity contribution in [3.8, 4) is 0 Å². The molecule has 0 unspecified atom stereocenters. The van der Waals surface area contributed by atoms with Crippen LogP contribution in [0.5, 0.6) is 0 Å². The fourth-order valence-corrected chi connectivity index (χ4v) is 2.65. The summed E-state index contributed by atoms with van der Waals surface area (Å²) in [7, 11) is 0. The summed E-state index contributed by atoms with van der Waals surface area (Å²) in [5, 5.41) is 0. The normalized spacial score (nSPS) is 29.3. The first-order valence-corrected chi connectivity index (χ1v) is 5.86. The molecule has 1 heterocycles. The standard InChI is InChI=1S/C11H22N2/c12-10-8-13(9-10)11-6-4-2-1-3-5-7-11/h10-11H,1-9,12H2. The van der Waals surface area contributed by atoms with E-state index in [1.54, 1.807) is 0 Å². The van der Waals surface area contributed by atoms with Gasteiger partial charge in [0.25, 0.3) is 0 Å². The van der Waals surface area contributed by atoms with E-state index in [1.807, 2.05) is 0 Å². The van der Waals surface area contributed by atoms with E-state index in [2.05, 4.69) is 4.90 Å². The van der Waals surface area contributed by atoms with Crippen LogP contribution in [0.25, 0.3) is 0 Å². The Morgan fingerprint density at radius 1 is 0.846 bits per heavy atom. The van der Waals surface area contributed by atoms with Gasteiger partial charge in [-0.15, -0.1) is 0 Å². The van der Waals surface area contributed by atoms with Gasteiger partial charge in [0.15, 0.2) is 0 Å². The van der Waals surface area contributed by atoms with Gasteiger partial charge in [-0.25, -0.2) is 0 Å². The average molecular weight is 182 g/mol. The van der Waals surface area contributed by atoms with E-state index in [9.17, 15) is 0 Å². The third kappa shape index (κ3) is 2.44. The third-order valence-electron chi connectivity index (χ3n) is 3.53. The Hall–Kier alpha value is -0.0800. The van der Waals surface area contributed by atoms with Crippen LogP contribution in [0.3, 0.4) is 0 Å². The molecule has 2 fully saturated rings. The summed E-state index contributed by atoms with van der Waals surface area (Å²) < 4.78 is 0. The Morgan fingerprint density at radius 2 is 1.38 bits per heavy atom. The number of nitrogens with two attached hydrogens (primary N) is 1. The minimum atomic E-state index is 0.477. The molecule has 1 saturated carbocycles. The lowest BCUT2D eigenvalue weighted by molar-refractivity contribution is 0.0776. The molecule has 0 amide bonds. The van der Waals surface area contributed by atoms with Crippen LogP contribution in [0, 0.1) is 0 Å². The highest BCUT2D eigenvalue weighted by atomic mass is 15.2. The van der Waals surface area contributed by atoms with Gasteiger partial charge in [-0.05, 0) is 12.8 Å². The number of hydrogen-bond donors (Lipinski definition) is 1. The van der Waals surface area contributed by atoms with Crippen LogP contribution in [0.15, 0.2) is 0 Å². The smallest absolute Gasteiger partial charge is 0.0297 e. The lowest BCUT2D eigenvalue weighted by Gasteiger charge is -2.43. The zero-order valence-electron chi connectivity index (χ0n) is 8.54. The quantitative estimate of drug-likeness (QED) is 0.669. The summed E-state index contributed by atoms with van der Waals surface area (Å²) in [5.74, 6) is 0. The lowest BCUT2D eigenvalue weighted by atomic mass is 9.93. The molecule has 2 rings (SSSR count). The Morgan fingerprint density at radius 3 is 1.92 bits per heavy atom. The van der Waals surface area contributed by atoms with Crippen molar-refractivity contribution >= 4 is 0 Å². The monoisotopic (exact) mass is 182 g/mol. The van der Waals surface area contributed by atoms with Gasteiger partial charge in [-0.1, -0.05) is 32.1 Å².